The van der Waals surface area contributed by atoms with Crippen molar-refractivity contribution in [1.82, 2.24) is 0 Å². The van der Waals surface area contributed by atoms with Crippen LogP contribution in [-0.2, 0) is 4.79 Å². The molecule has 0 aromatic heterocycles. The molecule has 1 aromatic carbocycles. The van der Waals surface area contributed by atoms with Gasteiger partial charge in [0.2, 0.25) is 0 Å². The Morgan fingerprint density at radius 3 is 2.79 bits per heavy atom. The third-order valence-electron chi connectivity index (χ3n) is 1.67. The molecular formula is C11H8O3. The van der Waals surface area contributed by atoms with E-state index >= 15 is 0 Å². The lowest BCUT2D eigenvalue weighted by Gasteiger charge is -1.99. The Balaban J connectivity index is 3.28. The number of carbonyl (C=O) groups is 2. The Kier molecular flexibility index (Phi) is 3.03. The van der Waals surface area contributed by atoms with Crippen LogP contribution >= 0.6 is 0 Å². The summed E-state index contributed by atoms with van der Waals surface area (Å²) in [5.41, 5.74) is 1.33. The van der Waals surface area contributed by atoms with E-state index in [2.05, 4.69) is 11.8 Å². The lowest BCUT2D eigenvalue weighted by Crippen LogP contribution is -2.00. The number of aryl methyl sites for hydroxylation is 1. The molecule has 0 bridgehead atoms. The van der Waals surface area contributed by atoms with E-state index in [1.165, 1.54) is 6.07 Å². The maximum atomic E-state index is 10.8. The van der Waals surface area contributed by atoms with Gasteiger partial charge in [0.05, 0.1) is 5.56 Å². The van der Waals surface area contributed by atoms with E-state index in [1.54, 1.807) is 19.1 Å². The van der Waals surface area contributed by atoms with Crippen molar-refractivity contribution >= 4 is 12.3 Å². The second kappa shape index (κ2) is 4.24. The minimum Gasteiger partial charge on any atom is -0.478 e. The van der Waals surface area contributed by atoms with Crippen LogP contribution in [0.1, 0.15) is 21.5 Å². The number of carboxylic acids is 1. The van der Waals surface area contributed by atoms with Crippen LogP contribution in [0.15, 0.2) is 18.2 Å². The molecule has 0 amide bonds. The first-order valence-corrected chi connectivity index (χ1v) is 3.94. The first kappa shape index (κ1) is 10.0. The normalized spacial score (nSPS) is 8.64. The van der Waals surface area contributed by atoms with E-state index in [0.717, 1.165) is 5.56 Å². The molecule has 0 aliphatic carbocycles. The highest BCUT2D eigenvalue weighted by Crippen LogP contribution is 2.10. The molecule has 0 unspecified atom stereocenters. The number of aldehydes is 1. The highest BCUT2D eigenvalue weighted by atomic mass is 16.4. The van der Waals surface area contributed by atoms with Gasteiger partial charge in [-0.25, -0.2) is 4.79 Å². The summed E-state index contributed by atoms with van der Waals surface area (Å²) in [7, 11) is 0. The standard InChI is InChI=1S/C11H8O3/c1-8-4-5-9(3-2-6-12)10(7-8)11(13)14/h4-7H,1H3,(H,13,14). The van der Waals surface area contributed by atoms with Crippen LogP contribution in [0.25, 0.3) is 0 Å². The minimum atomic E-state index is -1.04. The highest BCUT2D eigenvalue weighted by Gasteiger charge is 2.07. The predicted octanol–water partition coefficient (Wildman–Crippen LogP) is 1.24. The summed E-state index contributed by atoms with van der Waals surface area (Å²) in [6.07, 6.45) is 0.436. The summed E-state index contributed by atoms with van der Waals surface area (Å²) in [4.78, 5) is 20.8. The summed E-state index contributed by atoms with van der Waals surface area (Å²) < 4.78 is 0. The molecule has 0 saturated carbocycles. The summed E-state index contributed by atoms with van der Waals surface area (Å²) in [6.45, 7) is 1.80. The van der Waals surface area contributed by atoms with Crippen LogP contribution in [-0.4, -0.2) is 17.4 Å². The van der Waals surface area contributed by atoms with E-state index in [0.29, 0.717) is 11.8 Å². The molecular weight excluding hydrogens is 180 g/mol. The minimum absolute atomic E-state index is 0.124. The van der Waals surface area contributed by atoms with Crippen LogP contribution < -0.4 is 0 Å². The molecule has 0 atom stereocenters. The number of carbonyl (C=O) groups excluding carboxylic acids is 1. The molecule has 1 rings (SSSR count). The summed E-state index contributed by atoms with van der Waals surface area (Å²) in [6, 6.07) is 4.87. The van der Waals surface area contributed by atoms with Gasteiger partial charge >= 0.3 is 5.97 Å². The van der Waals surface area contributed by atoms with Crippen molar-refractivity contribution in [3.8, 4) is 11.8 Å². The molecule has 0 heterocycles. The number of hydrogen-bond donors (Lipinski definition) is 1. The maximum Gasteiger partial charge on any atom is 0.336 e. The fourth-order valence-corrected chi connectivity index (χ4v) is 1.05. The quantitative estimate of drug-likeness (QED) is 0.533. The van der Waals surface area contributed by atoms with E-state index < -0.39 is 5.97 Å². The van der Waals surface area contributed by atoms with Crippen molar-refractivity contribution < 1.29 is 14.7 Å². The lowest BCUT2D eigenvalue weighted by atomic mass is 10.1. The van der Waals surface area contributed by atoms with Gasteiger partial charge in [0, 0.05) is 5.56 Å². The van der Waals surface area contributed by atoms with E-state index in [-0.39, 0.29) is 5.56 Å². The third-order valence-corrected chi connectivity index (χ3v) is 1.67. The van der Waals surface area contributed by atoms with Crippen LogP contribution in [0.3, 0.4) is 0 Å². The van der Waals surface area contributed by atoms with Crippen molar-refractivity contribution in [2.75, 3.05) is 0 Å². The van der Waals surface area contributed by atoms with Gasteiger partial charge < -0.3 is 5.11 Å². The zero-order valence-corrected chi connectivity index (χ0v) is 7.57. The number of aromatic carboxylic acids is 1. The zero-order valence-electron chi connectivity index (χ0n) is 7.57. The molecule has 14 heavy (non-hydrogen) atoms. The van der Waals surface area contributed by atoms with Gasteiger partial charge in [-0.3, -0.25) is 4.79 Å². The summed E-state index contributed by atoms with van der Waals surface area (Å²) in [5, 5.41) is 8.83. The summed E-state index contributed by atoms with van der Waals surface area (Å²) >= 11 is 0. The molecule has 0 aliphatic heterocycles. The summed E-state index contributed by atoms with van der Waals surface area (Å²) in [5.74, 6) is 3.62. The van der Waals surface area contributed by atoms with Crippen molar-refractivity contribution in [3.05, 3.63) is 34.9 Å². The molecule has 0 fully saturated rings. The number of benzene rings is 1. The third kappa shape index (κ3) is 2.20. The Morgan fingerprint density at radius 2 is 2.21 bits per heavy atom. The second-order valence-corrected chi connectivity index (χ2v) is 2.74. The highest BCUT2D eigenvalue weighted by molar-refractivity contribution is 5.91. The van der Waals surface area contributed by atoms with Crippen LogP contribution in [0.2, 0.25) is 0 Å². The van der Waals surface area contributed by atoms with Crippen LogP contribution in [0.4, 0.5) is 0 Å². The van der Waals surface area contributed by atoms with Gasteiger partial charge in [-0.15, -0.1) is 0 Å². The molecule has 70 valence electrons. The van der Waals surface area contributed by atoms with Crippen molar-refractivity contribution in [1.29, 1.82) is 0 Å². The van der Waals surface area contributed by atoms with Gasteiger partial charge in [-0.2, -0.15) is 0 Å². The number of carboxylic acid groups (broad SMARTS) is 1. The molecule has 0 spiro atoms. The first-order valence-electron chi connectivity index (χ1n) is 3.94. The van der Waals surface area contributed by atoms with Crippen LogP contribution in [0.5, 0.6) is 0 Å². The SMILES string of the molecule is Cc1ccc(C#CC=O)c(C(=O)O)c1. The van der Waals surface area contributed by atoms with Crippen molar-refractivity contribution in [3.63, 3.8) is 0 Å². The van der Waals surface area contributed by atoms with Gasteiger partial charge in [0.25, 0.3) is 0 Å². The fourth-order valence-electron chi connectivity index (χ4n) is 1.05. The van der Waals surface area contributed by atoms with E-state index in [4.69, 9.17) is 5.11 Å². The molecule has 0 radical (unpaired) electrons. The first-order chi connectivity index (χ1) is 6.65. The van der Waals surface area contributed by atoms with E-state index in [1.807, 2.05) is 0 Å². The van der Waals surface area contributed by atoms with Gasteiger partial charge in [-0.1, -0.05) is 17.6 Å². The molecule has 3 heteroatoms. The Hall–Kier alpha value is -2.08. The smallest absolute Gasteiger partial charge is 0.336 e. The monoisotopic (exact) mass is 188 g/mol. The fraction of sp³-hybridized carbons (Fsp3) is 0.0909. The molecule has 0 aliphatic rings. The van der Waals surface area contributed by atoms with Gasteiger partial charge in [0.15, 0.2) is 6.29 Å². The average Bonchev–Trinajstić information content (AvgIpc) is 2.15. The predicted molar refractivity (Wildman–Crippen MR) is 51.1 cm³/mol. The topological polar surface area (TPSA) is 54.4 Å². The lowest BCUT2D eigenvalue weighted by molar-refractivity contribution is -0.103. The van der Waals surface area contributed by atoms with Crippen LogP contribution in [0, 0.1) is 18.8 Å². The van der Waals surface area contributed by atoms with E-state index in [9.17, 15) is 9.59 Å². The molecule has 1 aromatic rings. The van der Waals surface area contributed by atoms with Gasteiger partial charge in [0.1, 0.15) is 0 Å². The average molecular weight is 188 g/mol. The van der Waals surface area contributed by atoms with Crippen molar-refractivity contribution in [2.24, 2.45) is 0 Å². The Bertz CT molecular complexity index is 436. The molecule has 3 nitrogen and oxygen atoms in total. The molecule has 1 N–H and O–H groups in total. The number of hydrogen-bond acceptors (Lipinski definition) is 2. The second-order valence-electron chi connectivity index (χ2n) is 2.74. The largest absolute Gasteiger partial charge is 0.478 e. The van der Waals surface area contributed by atoms with Gasteiger partial charge in [-0.05, 0) is 25.0 Å². The molecule has 0 saturated heterocycles. The zero-order chi connectivity index (χ0) is 10.6. The number of rotatable bonds is 1. The van der Waals surface area contributed by atoms with Crippen molar-refractivity contribution in [2.45, 2.75) is 6.92 Å². The Labute approximate surface area is 81.4 Å². The maximum absolute atomic E-state index is 10.8. The Morgan fingerprint density at radius 1 is 1.50 bits per heavy atom.